The largest absolute Gasteiger partial charge is 0.479 e. The van der Waals surface area contributed by atoms with Gasteiger partial charge in [-0.2, -0.15) is 0 Å². The molecule has 7 nitrogen and oxygen atoms in total. The predicted octanol–water partition coefficient (Wildman–Crippen LogP) is 3.77. The molecule has 29 heavy (non-hydrogen) atoms. The molecule has 0 saturated carbocycles. The lowest BCUT2D eigenvalue weighted by atomic mass is 10.2. The Kier molecular flexibility index (Phi) is 9.08. The van der Waals surface area contributed by atoms with Crippen molar-refractivity contribution in [3.8, 4) is 0 Å². The number of carbonyl (C=O) groups excluding carboxylic acids is 1. The van der Waals surface area contributed by atoms with Crippen LogP contribution in [0.4, 0.5) is 0 Å². The number of nitrogens with zero attached hydrogens (tertiary/aromatic N) is 3. The van der Waals surface area contributed by atoms with E-state index in [1.54, 1.807) is 26.1 Å². The molecule has 0 unspecified atom stereocenters. The van der Waals surface area contributed by atoms with Gasteiger partial charge in [0.1, 0.15) is 12.4 Å². The van der Waals surface area contributed by atoms with Crippen LogP contribution in [-0.2, 0) is 25.5 Å². The first kappa shape index (κ1) is 21.8. The van der Waals surface area contributed by atoms with Gasteiger partial charge in [0.2, 0.25) is 0 Å². The summed E-state index contributed by atoms with van der Waals surface area (Å²) in [4.78, 5) is 25.7. The molecule has 0 aliphatic carbocycles. The number of benzene rings is 1. The Bertz CT molecular complexity index is 906. The van der Waals surface area contributed by atoms with Crippen LogP contribution in [0, 0.1) is 0 Å². The molecule has 152 valence electrons. The Morgan fingerprint density at radius 2 is 2.07 bits per heavy atom. The average molecular weight is 395 g/mol. The van der Waals surface area contributed by atoms with E-state index >= 15 is 0 Å². The molecule has 1 aromatic carbocycles. The number of aromatic nitrogens is 2. The van der Waals surface area contributed by atoms with Gasteiger partial charge in [0.15, 0.2) is 12.7 Å². The first-order valence-electron chi connectivity index (χ1n) is 9.27. The lowest BCUT2D eigenvalue weighted by molar-refractivity contribution is -0.154. The molecule has 1 aromatic heterocycles. The minimum atomic E-state index is -0.770. The summed E-state index contributed by atoms with van der Waals surface area (Å²) in [5.74, 6) is -0.0284. The second kappa shape index (κ2) is 12.1. The zero-order valence-electron chi connectivity index (χ0n) is 16.7. The number of carbonyl (C=O) groups is 1. The van der Waals surface area contributed by atoms with Crippen LogP contribution in [0.5, 0.6) is 0 Å². The summed E-state index contributed by atoms with van der Waals surface area (Å²) in [6.45, 7) is 7.33. The van der Waals surface area contributed by atoms with Gasteiger partial charge < -0.3 is 14.3 Å². The van der Waals surface area contributed by atoms with Crippen molar-refractivity contribution in [2.45, 2.75) is 26.4 Å². The summed E-state index contributed by atoms with van der Waals surface area (Å²) in [5.41, 5.74) is 2.59. The zero-order valence-corrected chi connectivity index (χ0v) is 16.7. The maximum atomic E-state index is 11.9. The van der Waals surface area contributed by atoms with Gasteiger partial charge in [-0.05, 0) is 38.1 Å². The summed E-state index contributed by atoms with van der Waals surface area (Å²) in [6, 6.07) is 7.73. The van der Waals surface area contributed by atoms with Gasteiger partial charge in [-0.3, -0.25) is 4.98 Å². The molecular formula is C22H25N3O4. The van der Waals surface area contributed by atoms with Gasteiger partial charge >= 0.3 is 5.97 Å². The predicted molar refractivity (Wildman–Crippen MR) is 112 cm³/mol. The molecule has 0 aliphatic rings. The summed E-state index contributed by atoms with van der Waals surface area (Å²) < 4.78 is 10.6. The molecule has 2 rings (SSSR count). The zero-order chi connectivity index (χ0) is 20.9. The number of fused-ring (bicyclic) bond motifs is 1. The van der Waals surface area contributed by atoms with Crippen molar-refractivity contribution in [3.63, 3.8) is 0 Å². The first-order chi connectivity index (χ1) is 14.1. The van der Waals surface area contributed by atoms with Crippen LogP contribution in [0.1, 0.15) is 19.5 Å². The summed E-state index contributed by atoms with van der Waals surface area (Å²) in [7, 11) is 0. The second-order valence-electron chi connectivity index (χ2n) is 5.88. The van der Waals surface area contributed by atoms with Crippen molar-refractivity contribution < 1.29 is 19.1 Å². The van der Waals surface area contributed by atoms with Crippen LogP contribution in [0.2, 0.25) is 0 Å². The van der Waals surface area contributed by atoms with Crippen LogP contribution >= 0.6 is 0 Å². The van der Waals surface area contributed by atoms with Gasteiger partial charge in [-0.15, -0.1) is 0 Å². The molecule has 0 N–H and O–H groups in total. The van der Waals surface area contributed by atoms with E-state index in [1.807, 2.05) is 36.4 Å². The van der Waals surface area contributed by atoms with E-state index in [0.717, 1.165) is 16.7 Å². The molecule has 0 spiro atoms. The number of ether oxygens (including phenoxy) is 2. The van der Waals surface area contributed by atoms with Crippen molar-refractivity contribution in [2.75, 3.05) is 13.2 Å². The fraction of sp³-hybridized carbons (Fsp3) is 0.273. The highest BCUT2D eigenvalue weighted by Crippen LogP contribution is 2.10. The smallest absolute Gasteiger partial charge is 0.347 e. The SMILES string of the molecule is C=C/C(=C\C=C\Cc1cnc2ccccc2n1)O[C@H](C)C(=O)OCCON=CC. The van der Waals surface area contributed by atoms with E-state index in [9.17, 15) is 4.79 Å². The van der Waals surface area contributed by atoms with Crippen LogP contribution < -0.4 is 0 Å². The third kappa shape index (κ3) is 7.57. The lowest BCUT2D eigenvalue weighted by Gasteiger charge is -2.14. The van der Waals surface area contributed by atoms with Crippen LogP contribution in [0.25, 0.3) is 11.0 Å². The van der Waals surface area contributed by atoms with Gasteiger partial charge in [0, 0.05) is 18.8 Å². The Balaban J connectivity index is 1.83. The lowest BCUT2D eigenvalue weighted by Crippen LogP contribution is -2.24. The maximum Gasteiger partial charge on any atom is 0.347 e. The quantitative estimate of drug-likeness (QED) is 0.144. The fourth-order valence-electron chi connectivity index (χ4n) is 2.28. The molecule has 7 heteroatoms. The highest BCUT2D eigenvalue weighted by molar-refractivity contribution is 5.74. The number of esters is 1. The highest BCUT2D eigenvalue weighted by Gasteiger charge is 2.16. The van der Waals surface area contributed by atoms with Crippen molar-refractivity contribution in [3.05, 3.63) is 72.8 Å². The van der Waals surface area contributed by atoms with E-state index in [2.05, 4.69) is 21.7 Å². The molecule has 0 amide bonds. The molecular weight excluding hydrogens is 370 g/mol. The topological polar surface area (TPSA) is 82.9 Å². The number of allylic oxidation sites excluding steroid dienone is 4. The van der Waals surface area contributed by atoms with Gasteiger partial charge in [-0.25, -0.2) is 9.78 Å². The second-order valence-corrected chi connectivity index (χ2v) is 5.88. The normalized spacial score (nSPS) is 13.0. The van der Waals surface area contributed by atoms with E-state index < -0.39 is 12.1 Å². The molecule has 2 aromatic rings. The third-order valence-corrected chi connectivity index (χ3v) is 3.67. The standard InChI is InChI=1S/C22H25N3O4/c1-4-19(29-17(3)22(26)27-14-15-28-24-5-2)11-7-6-10-18-16-23-20-12-8-9-13-21(20)25-18/h4-9,11-13,16-17H,1,10,14-15H2,2-3H3/b7-6+,19-11+,24-5?/t17-/m1/s1. The fourth-order valence-corrected chi connectivity index (χ4v) is 2.28. The van der Waals surface area contributed by atoms with Crippen molar-refractivity contribution in [1.82, 2.24) is 9.97 Å². The van der Waals surface area contributed by atoms with Crippen molar-refractivity contribution in [2.24, 2.45) is 5.16 Å². The van der Waals surface area contributed by atoms with E-state index in [4.69, 9.17) is 14.3 Å². The number of rotatable bonds is 11. The molecule has 0 fully saturated rings. The molecule has 1 heterocycles. The minimum absolute atomic E-state index is 0.101. The van der Waals surface area contributed by atoms with Crippen LogP contribution in [-0.4, -0.2) is 41.5 Å². The summed E-state index contributed by atoms with van der Waals surface area (Å²) >= 11 is 0. The molecule has 0 bridgehead atoms. The Morgan fingerprint density at radius 3 is 2.83 bits per heavy atom. The highest BCUT2D eigenvalue weighted by atomic mass is 16.6. The number of para-hydroxylation sites is 2. The molecule has 1 atom stereocenters. The monoisotopic (exact) mass is 395 g/mol. The van der Waals surface area contributed by atoms with Gasteiger partial charge in [-0.1, -0.05) is 36.0 Å². The number of hydrogen-bond donors (Lipinski definition) is 0. The number of oxime groups is 1. The van der Waals surface area contributed by atoms with E-state index in [0.29, 0.717) is 12.2 Å². The Morgan fingerprint density at radius 1 is 1.28 bits per heavy atom. The maximum absolute atomic E-state index is 11.9. The van der Waals surface area contributed by atoms with Gasteiger partial charge in [0.25, 0.3) is 0 Å². The Hall–Kier alpha value is -3.48. The molecule has 0 aliphatic heterocycles. The first-order valence-corrected chi connectivity index (χ1v) is 9.27. The van der Waals surface area contributed by atoms with Crippen molar-refractivity contribution >= 4 is 23.2 Å². The van der Waals surface area contributed by atoms with Gasteiger partial charge in [0.05, 0.1) is 16.7 Å². The number of hydrogen-bond acceptors (Lipinski definition) is 7. The molecule has 0 saturated heterocycles. The van der Waals surface area contributed by atoms with E-state index in [1.165, 1.54) is 12.3 Å². The van der Waals surface area contributed by atoms with Crippen molar-refractivity contribution in [1.29, 1.82) is 0 Å². The van der Waals surface area contributed by atoms with Crippen LogP contribution in [0.3, 0.4) is 0 Å². The summed E-state index contributed by atoms with van der Waals surface area (Å²) in [6.07, 6.45) is 10.1. The third-order valence-electron chi connectivity index (χ3n) is 3.67. The average Bonchev–Trinajstić information content (AvgIpc) is 2.75. The summed E-state index contributed by atoms with van der Waals surface area (Å²) in [5, 5.41) is 3.57. The minimum Gasteiger partial charge on any atom is -0.479 e. The Labute approximate surface area is 170 Å². The van der Waals surface area contributed by atoms with Crippen LogP contribution in [0.15, 0.2) is 72.3 Å². The van der Waals surface area contributed by atoms with E-state index in [-0.39, 0.29) is 13.2 Å². The molecule has 0 radical (unpaired) electrons.